The second-order valence-corrected chi connectivity index (χ2v) is 3.90. The first-order valence-corrected chi connectivity index (χ1v) is 5.53. The van der Waals surface area contributed by atoms with E-state index in [9.17, 15) is 0 Å². The molecule has 5 nitrogen and oxygen atoms in total. The topological polar surface area (TPSA) is 49.3 Å². The van der Waals surface area contributed by atoms with Gasteiger partial charge in [0.25, 0.3) is 6.48 Å². The van der Waals surface area contributed by atoms with E-state index in [2.05, 4.69) is 5.16 Å². The van der Waals surface area contributed by atoms with Gasteiger partial charge < -0.3 is 19.0 Å². The van der Waals surface area contributed by atoms with Gasteiger partial charge in [0, 0.05) is 0 Å². The molecule has 90 valence electrons. The Morgan fingerprint density at radius 1 is 1.24 bits per heavy atom. The van der Waals surface area contributed by atoms with E-state index in [0.29, 0.717) is 19.8 Å². The third-order valence-electron chi connectivity index (χ3n) is 2.65. The van der Waals surface area contributed by atoms with E-state index in [0.717, 1.165) is 11.3 Å². The Kier molecular flexibility index (Phi) is 3.04. The zero-order valence-corrected chi connectivity index (χ0v) is 9.24. The van der Waals surface area contributed by atoms with Gasteiger partial charge in [-0.15, -0.1) is 0 Å². The number of oxime groups is 1. The fourth-order valence-electron chi connectivity index (χ4n) is 1.74. The Morgan fingerprint density at radius 3 is 3.00 bits per heavy atom. The third kappa shape index (κ3) is 2.46. The van der Waals surface area contributed by atoms with Crippen molar-refractivity contribution in [2.75, 3.05) is 13.2 Å². The Labute approximate surface area is 98.9 Å². The highest BCUT2D eigenvalue weighted by atomic mass is 16.9. The average Bonchev–Trinajstić information content (AvgIpc) is 2.76. The Balaban J connectivity index is 1.56. The summed E-state index contributed by atoms with van der Waals surface area (Å²) >= 11 is 0. The molecule has 1 aromatic carbocycles. The standard InChI is InChI=1S/C12H13NO4/c1-2-4-9(5-3-1)6-16-13-10-7-14-12-15-8-11(10)17-12/h1-5,11-12H,6-8H2/b13-10+/t11-,12-/m0/s1. The van der Waals surface area contributed by atoms with Crippen molar-refractivity contribution < 1.29 is 19.0 Å². The zero-order valence-electron chi connectivity index (χ0n) is 9.24. The van der Waals surface area contributed by atoms with E-state index in [1.54, 1.807) is 0 Å². The van der Waals surface area contributed by atoms with Crippen molar-refractivity contribution in [2.24, 2.45) is 5.16 Å². The Morgan fingerprint density at radius 2 is 2.12 bits per heavy atom. The molecule has 5 heteroatoms. The lowest BCUT2D eigenvalue weighted by atomic mass is 10.2. The number of hydrogen-bond acceptors (Lipinski definition) is 5. The zero-order chi connectivity index (χ0) is 11.5. The van der Waals surface area contributed by atoms with E-state index in [4.69, 9.17) is 19.0 Å². The number of benzene rings is 1. The molecule has 2 bridgehead atoms. The molecule has 2 aliphatic rings. The lowest BCUT2D eigenvalue weighted by Gasteiger charge is -2.19. The number of hydrogen-bond donors (Lipinski definition) is 0. The van der Waals surface area contributed by atoms with E-state index >= 15 is 0 Å². The van der Waals surface area contributed by atoms with Crippen LogP contribution in [-0.2, 0) is 25.7 Å². The number of nitrogens with zero attached hydrogens (tertiary/aromatic N) is 1. The molecule has 0 amide bonds. The van der Waals surface area contributed by atoms with E-state index in [1.165, 1.54) is 0 Å². The minimum absolute atomic E-state index is 0.121. The highest BCUT2D eigenvalue weighted by Gasteiger charge is 2.36. The van der Waals surface area contributed by atoms with Gasteiger partial charge in [-0.25, -0.2) is 0 Å². The van der Waals surface area contributed by atoms with Gasteiger partial charge >= 0.3 is 0 Å². The van der Waals surface area contributed by atoms with Gasteiger partial charge in [-0.3, -0.25) is 0 Å². The van der Waals surface area contributed by atoms with Gasteiger partial charge in [0.2, 0.25) is 0 Å². The summed E-state index contributed by atoms with van der Waals surface area (Å²) in [7, 11) is 0. The molecule has 2 atom stereocenters. The van der Waals surface area contributed by atoms with Crippen molar-refractivity contribution in [3.05, 3.63) is 35.9 Å². The molecule has 0 aliphatic carbocycles. The van der Waals surface area contributed by atoms with Crippen LogP contribution in [-0.4, -0.2) is 31.5 Å². The predicted molar refractivity (Wildman–Crippen MR) is 59.2 cm³/mol. The second kappa shape index (κ2) is 4.83. The first-order valence-electron chi connectivity index (χ1n) is 5.53. The summed E-state index contributed by atoms with van der Waals surface area (Å²) < 4.78 is 15.8. The molecule has 2 heterocycles. The van der Waals surface area contributed by atoms with Crippen LogP contribution in [0.1, 0.15) is 5.56 Å². The quantitative estimate of drug-likeness (QED) is 0.741. The minimum Gasteiger partial charge on any atom is -0.391 e. The molecule has 1 aromatic rings. The number of fused-ring (bicyclic) bond motifs is 2. The highest BCUT2D eigenvalue weighted by Crippen LogP contribution is 2.19. The number of rotatable bonds is 3. The second-order valence-electron chi connectivity index (χ2n) is 3.90. The summed E-state index contributed by atoms with van der Waals surface area (Å²) in [6.45, 7) is 0.817. The van der Waals surface area contributed by atoms with Crippen molar-refractivity contribution in [1.29, 1.82) is 0 Å². The molecule has 2 fully saturated rings. The molecule has 2 aliphatic heterocycles. The summed E-state index contributed by atoms with van der Waals surface area (Å²) in [5.74, 6) is 0. The maximum atomic E-state index is 5.36. The van der Waals surface area contributed by atoms with Crippen LogP contribution in [0.25, 0.3) is 0 Å². The predicted octanol–water partition coefficient (Wildman–Crippen LogP) is 1.29. The Bertz CT molecular complexity index is 406. The van der Waals surface area contributed by atoms with Crippen LogP contribution in [0.15, 0.2) is 35.5 Å². The fourth-order valence-corrected chi connectivity index (χ4v) is 1.74. The maximum Gasteiger partial charge on any atom is 0.272 e. The summed E-state index contributed by atoms with van der Waals surface area (Å²) in [6.07, 6.45) is -0.121. The van der Waals surface area contributed by atoms with Crippen molar-refractivity contribution in [3.8, 4) is 0 Å². The monoisotopic (exact) mass is 235 g/mol. The first kappa shape index (κ1) is 10.7. The summed E-state index contributed by atoms with van der Waals surface area (Å²) in [5.41, 5.74) is 1.82. The molecule has 3 rings (SSSR count). The van der Waals surface area contributed by atoms with Crippen molar-refractivity contribution >= 4 is 5.71 Å². The summed E-state index contributed by atoms with van der Waals surface area (Å²) in [6, 6.07) is 9.88. The van der Waals surface area contributed by atoms with E-state index in [1.807, 2.05) is 30.3 Å². The summed E-state index contributed by atoms with van der Waals surface area (Å²) in [4.78, 5) is 5.28. The molecular weight excluding hydrogens is 222 g/mol. The van der Waals surface area contributed by atoms with Gasteiger partial charge in [-0.2, -0.15) is 0 Å². The Hall–Kier alpha value is -1.43. The fraction of sp³-hybridized carbons (Fsp3) is 0.417. The first-order chi connectivity index (χ1) is 8.42. The van der Waals surface area contributed by atoms with Crippen LogP contribution >= 0.6 is 0 Å². The third-order valence-corrected chi connectivity index (χ3v) is 2.65. The average molecular weight is 235 g/mol. The van der Waals surface area contributed by atoms with Crippen LogP contribution in [0.3, 0.4) is 0 Å². The van der Waals surface area contributed by atoms with Crippen LogP contribution < -0.4 is 0 Å². The lowest BCUT2D eigenvalue weighted by Crippen LogP contribution is -2.34. The van der Waals surface area contributed by atoms with Crippen LogP contribution in [0.2, 0.25) is 0 Å². The van der Waals surface area contributed by atoms with Gasteiger partial charge in [-0.1, -0.05) is 35.5 Å². The van der Waals surface area contributed by atoms with Crippen LogP contribution in [0.4, 0.5) is 0 Å². The van der Waals surface area contributed by atoms with E-state index < -0.39 is 6.48 Å². The van der Waals surface area contributed by atoms with Gasteiger partial charge in [-0.05, 0) is 5.56 Å². The smallest absolute Gasteiger partial charge is 0.272 e. The SMILES string of the molecule is c1ccc(CO/N=C2\CO[C@H]3OC[C@@H]2O3)cc1. The highest BCUT2D eigenvalue weighted by molar-refractivity contribution is 5.90. The number of ether oxygens (including phenoxy) is 3. The molecule has 0 spiro atoms. The van der Waals surface area contributed by atoms with E-state index in [-0.39, 0.29) is 6.10 Å². The molecule has 0 N–H and O–H groups in total. The minimum atomic E-state index is -0.520. The molecule has 0 radical (unpaired) electrons. The molecule has 0 aromatic heterocycles. The van der Waals surface area contributed by atoms with Crippen molar-refractivity contribution in [1.82, 2.24) is 0 Å². The van der Waals surface area contributed by atoms with Gasteiger partial charge in [0.1, 0.15) is 18.4 Å². The molecular formula is C12H13NO4. The largest absolute Gasteiger partial charge is 0.391 e. The molecule has 0 unspecified atom stereocenters. The van der Waals surface area contributed by atoms with Crippen LogP contribution in [0.5, 0.6) is 0 Å². The van der Waals surface area contributed by atoms with Crippen molar-refractivity contribution in [3.63, 3.8) is 0 Å². The van der Waals surface area contributed by atoms with Crippen LogP contribution in [0, 0.1) is 0 Å². The van der Waals surface area contributed by atoms with Gasteiger partial charge in [0.05, 0.1) is 13.2 Å². The lowest BCUT2D eigenvalue weighted by molar-refractivity contribution is -0.235. The maximum absolute atomic E-state index is 5.36. The summed E-state index contributed by atoms with van der Waals surface area (Å²) in [5, 5.41) is 4.04. The van der Waals surface area contributed by atoms with Crippen molar-refractivity contribution in [2.45, 2.75) is 19.2 Å². The normalized spacial score (nSPS) is 29.5. The molecule has 2 saturated heterocycles. The molecule has 0 saturated carbocycles. The van der Waals surface area contributed by atoms with Gasteiger partial charge in [0.15, 0.2) is 0 Å². The molecule has 17 heavy (non-hydrogen) atoms.